The van der Waals surface area contributed by atoms with E-state index < -0.39 is 0 Å². The van der Waals surface area contributed by atoms with Crippen LogP contribution in [-0.4, -0.2) is 12.5 Å². The lowest BCUT2D eigenvalue weighted by atomic mass is 10.1. The Labute approximate surface area is 94.4 Å². The molecule has 0 fully saturated rings. The van der Waals surface area contributed by atoms with E-state index in [2.05, 4.69) is 11.4 Å². The molecule has 0 aliphatic heterocycles. The Morgan fingerprint density at radius 1 is 1.44 bits per heavy atom. The number of amides is 1. The van der Waals surface area contributed by atoms with Gasteiger partial charge in [0.2, 0.25) is 6.41 Å². The average molecular weight is 217 g/mol. The van der Waals surface area contributed by atoms with Crippen molar-refractivity contribution < 1.29 is 9.21 Å². The molecular formula is C13H15NO2. The molecule has 2 rings (SSSR count). The van der Waals surface area contributed by atoms with Crippen molar-refractivity contribution in [2.24, 2.45) is 0 Å². The van der Waals surface area contributed by atoms with Crippen LogP contribution in [0.15, 0.2) is 34.9 Å². The van der Waals surface area contributed by atoms with Gasteiger partial charge in [0.05, 0.1) is 6.26 Å². The van der Waals surface area contributed by atoms with Crippen LogP contribution < -0.4 is 5.32 Å². The van der Waals surface area contributed by atoms with Gasteiger partial charge in [-0.05, 0) is 31.4 Å². The summed E-state index contributed by atoms with van der Waals surface area (Å²) in [4.78, 5) is 10.3. The van der Waals surface area contributed by atoms with Crippen LogP contribution in [0.2, 0.25) is 0 Å². The van der Waals surface area contributed by atoms with Crippen LogP contribution in [0.1, 0.15) is 18.9 Å². The third-order valence-electron chi connectivity index (χ3n) is 2.76. The van der Waals surface area contributed by atoms with E-state index in [-0.39, 0.29) is 6.04 Å². The van der Waals surface area contributed by atoms with Gasteiger partial charge in [0.1, 0.15) is 5.58 Å². The Hall–Kier alpha value is -1.77. The minimum absolute atomic E-state index is 0.200. The Morgan fingerprint density at radius 2 is 2.25 bits per heavy atom. The Balaban J connectivity index is 2.07. The molecule has 0 radical (unpaired) electrons. The van der Waals surface area contributed by atoms with Gasteiger partial charge in [0.25, 0.3) is 0 Å². The molecule has 1 unspecified atom stereocenters. The standard InChI is InChI=1S/C13H15NO2/c1-10(14-9-15)6-7-11-8-16-13-5-3-2-4-12(11)13/h2-5,8-10H,6-7H2,1H3,(H,14,15). The van der Waals surface area contributed by atoms with Crippen LogP contribution in [-0.2, 0) is 11.2 Å². The van der Waals surface area contributed by atoms with E-state index in [9.17, 15) is 4.79 Å². The molecule has 2 aromatic rings. The van der Waals surface area contributed by atoms with Crippen molar-refractivity contribution in [1.29, 1.82) is 0 Å². The molecule has 84 valence electrons. The third kappa shape index (κ3) is 2.24. The molecule has 3 heteroatoms. The maximum absolute atomic E-state index is 10.3. The van der Waals surface area contributed by atoms with Gasteiger partial charge in [-0.1, -0.05) is 18.2 Å². The van der Waals surface area contributed by atoms with Crippen molar-refractivity contribution in [3.05, 3.63) is 36.1 Å². The molecule has 1 aromatic heterocycles. The highest BCUT2D eigenvalue weighted by atomic mass is 16.3. The van der Waals surface area contributed by atoms with Crippen molar-refractivity contribution in [2.75, 3.05) is 0 Å². The lowest BCUT2D eigenvalue weighted by molar-refractivity contribution is -0.110. The van der Waals surface area contributed by atoms with Crippen molar-refractivity contribution in [3.63, 3.8) is 0 Å². The van der Waals surface area contributed by atoms with Crippen molar-refractivity contribution in [1.82, 2.24) is 5.32 Å². The number of aryl methyl sites for hydroxylation is 1. The molecule has 16 heavy (non-hydrogen) atoms. The average Bonchev–Trinajstić information content (AvgIpc) is 2.70. The zero-order valence-electron chi connectivity index (χ0n) is 9.27. The minimum atomic E-state index is 0.200. The van der Waals surface area contributed by atoms with Gasteiger partial charge in [0, 0.05) is 11.4 Å². The van der Waals surface area contributed by atoms with E-state index in [4.69, 9.17) is 4.42 Å². The molecule has 1 amide bonds. The van der Waals surface area contributed by atoms with Gasteiger partial charge in [0.15, 0.2) is 0 Å². The Morgan fingerprint density at radius 3 is 3.06 bits per heavy atom. The molecule has 1 heterocycles. The number of hydrogen-bond donors (Lipinski definition) is 1. The molecule has 0 saturated heterocycles. The number of rotatable bonds is 5. The number of carbonyl (C=O) groups excluding carboxylic acids is 1. The molecule has 0 bridgehead atoms. The summed E-state index contributed by atoms with van der Waals surface area (Å²) in [7, 11) is 0. The summed E-state index contributed by atoms with van der Waals surface area (Å²) in [5, 5.41) is 3.91. The summed E-state index contributed by atoms with van der Waals surface area (Å²) in [5.41, 5.74) is 2.13. The number of nitrogens with one attached hydrogen (secondary N) is 1. The number of furan rings is 1. The number of carbonyl (C=O) groups is 1. The van der Waals surface area contributed by atoms with E-state index in [1.54, 1.807) is 6.26 Å². The fourth-order valence-corrected chi connectivity index (χ4v) is 1.80. The molecule has 1 N–H and O–H groups in total. The van der Waals surface area contributed by atoms with Gasteiger partial charge in [-0.15, -0.1) is 0 Å². The predicted octanol–water partition coefficient (Wildman–Crippen LogP) is 2.50. The van der Waals surface area contributed by atoms with Gasteiger partial charge < -0.3 is 9.73 Å². The van der Waals surface area contributed by atoms with Gasteiger partial charge in [-0.25, -0.2) is 0 Å². The van der Waals surface area contributed by atoms with Crippen molar-refractivity contribution >= 4 is 17.4 Å². The number of benzene rings is 1. The number of hydrogen-bond acceptors (Lipinski definition) is 2. The zero-order chi connectivity index (χ0) is 11.4. The van der Waals surface area contributed by atoms with Crippen LogP contribution in [0.25, 0.3) is 11.0 Å². The second-order valence-corrected chi connectivity index (χ2v) is 3.98. The van der Waals surface area contributed by atoms with Crippen LogP contribution in [0.4, 0.5) is 0 Å². The lowest BCUT2D eigenvalue weighted by Gasteiger charge is -2.08. The minimum Gasteiger partial charge on any atom is -0.464 e. The highest BCUT2D eigenvalue weighted by Gasteiger charge is 2.06. The smallest absolute Gasteiger partial charge is 0.207 e. The fourth-order valence-electron chi connectivity index (χ4n) is 1.80. The first-order valence-corrected chi connectivity index (χ1v) is 5.46. The normalized spacial score (nSPS) is 12.6. The predicted molar refractivity (Wildman–Crippen MR) is 63.2 cm³/mol. The summed E-state index contributed by atoms with van der Waals surface area (Å²) in [5.74, 6) is 0. The van der Waals surface area contributed by atoms with Crippen molar-refractivity contribution in [2.45, 2.75) is 25.8 Å². The van der Waals surface area contributed by atoms with E-state index in [0.29, 0.717) is 0 Å². The van der Waals surface area contributed by atoms with Crippen LogP contribution in [0.5, 0.6) is 0 Å². The fraction of sp³-hybridized carbons (Fsp3) is 0.308. The third-order valence-corrected chi connectivity index (χ3v) is 2.76. The quantitative estimate of drug-likeness (QED) is 0.782. The molecule has 0 spiro atoms. The molecular weight excluding hydrogens is 202 g/mol. The second-order valence-electron chi connectivity index (χ2n) is 3.98. The van der Waals surface area contributed by atoms with Gasteiger partial charge in [-0.3, -0.25) is 4.79 Å². The molecule has 0 saturated carbocycles. The highest BCUT2D eigenvalue weighted by molar-refractivity contribution is 5.80. The van der Waals surface area contributed by atoms with E-state index in [0.717, 1.165) is 24.8 Å². The van der Waals surface area contributed by atoms with E-state index in [1.807, 2.05) is 25.1 Å². The first-order chi connectivity index (χ1) is 7.81. The van der Waals surface area contributed by atoms with Gasteiger partial charge in [-0.2, -0.15) is 0 Å². The van der Waals surface area contributed by atoms with Gasteiger partial charge >= 0.3 is 0 Å². The summed E-state index contributed by atoms with van der Waals surface area (Å²) in [6, 6.07) is 8.20. The first kappa shape index (κ1) is 10.7. The van der Waals surface area contributed by atoms with Crippen LogP contribution in [0, 0.1) is 0 Å². The zero-order valence-corrected chi connectivity index (χ0v) is 9.27. The van der Waals surface area contributed by atoms with E-state index in [1.165, 1.54) is 10.9 Å². The molecule has 1 atom stereocenters. The topological polar surface area (TPSA) is 42.2 Å². The maximum atomic E-state index is 10.3. The summed E-state index contributed by atoms with van der Waals surface area (Å²) in [6.07, 6.45) is 4.39. The molecule has 0 aliphatic carbocycles. The number of para-hydroxylation sites is 1. The summed E-state index contributed by atoms with van der Waals surface area (Å²) >= 11 is 0. The molecule has 1 aromatic carbocycles. The maximum Gasteiger partial charge on any atom is 0.207 e. The second kappa shape index (κ2) is 4.84. The number of fused-ring (bicyclic) bond motifs is 1. The summed E-state index contributed by atoms with van der Waals surface area (Å²) < 4.78 is 5.45. The monoisotopic (exact) mass is 217 g/mol. The Bertz CT molecular complexity index is 475. The Kier molecular flexibility index (Phi) is 3.25. The highest BCUT2D eigenvalue weighted by Crippen LogP contribution is 2.22. The van der Waals surface area contributed by atoms with Crippen LogP contribution >= 0.6 is 0 Å². The lowest BCUT2D eigenvalue weighted by Crippen LogP contribution is -2.24. The first-order valence-electron chi connectivity index (χ1n) is 5.46. The van der Waals surface area contributed by atoms with E-state index >= 15 is 0 Å². The summed E-state index contributed by atoms with van der Waals surface area (Å²) in [6.45, 7) is 2.00. The van der Waals surface area contributed by atoms with Crippen LogP contribution in [0.3, 0.4) is 0 Å². The molecule has 3 nitrogen and oxygen atoms in total. The van der Waals surface area contributed by atoms with Crippen molar-refractivity contribution in [3.8, 4) is 0 Å². The largest absolute Gasteiger partial charge is 0.464 e. The molecule has 0 aliphatic rings. The SMILES string of the molecule is CC(CCc1coc2ccccc12)NC=O.